The Morgan fingerprint density at radius 3 is 3.00 bits per heavy atom. The highest BCUT2D eigenvalue weighted by molar-refractivity contribution is 9.10. The fourth-order valence-electron chi connectivity index (χ4n) is 0.916. The van der Waals surface area contributed by atoms with Crippen molar-refractivity contribution in [2.75, 3.05) is 0 Å². The Morgan fingerprint density at radius 2 is 2.38 bits per heavy atom. The summed E-state index contributed by atoms with van der Waals surface area (Å²) in [6.45, 7) is 0.339. The summed E-state index contributed by atoms with van der Waals surface area (Å²) >= 11 is 3.09. The zero-order chi connectivity index (χ0) is 9.84. The number of nitrogens with zero attached hydrogens (tertiary/aromatic N) is 1. The van der Waals surface area contributed by atoms with Crippen LogP contribution in [0.15, 0.2) is 21.5 Å². The molecule has 13 heavy (non-hydrogen) atoms. The third-order valence-electron chi connectivity index (χ3n) is 1.51. The van der Waals surface area contributed by atoms with Gasteiger partial charge in [-0.2, -0.15) is 0 Å². The highest BCUT2D eigenvalue weighted by Crippen LogP contribution is 2.07. The molecule has 1 heterocycles. The van der Waals surface area contributed by atoms with Crippen LogP contribution in [0.2, 0.25) is 0 Å². The molecule has 0 atom stereocenters. The maximum Gasteiger partial charge on any atom is 0.286 e. The molecule has 0 N–H and O–H groups in total. The zero-order valence-electron chi connectivity index (χ0n) is 6.76. The molecule has 0 fully saturated rings. The number of halogens is 2. The molecule has 2 nitrogen and oxygen atoms in total. The smallest absolute Gasteiger partial charge is 0.286 e. The van der Waals surface area contributed by atoms with Gasteiger partial charge in [-0.15, -0.1) is 12.3 Å². The lowest BCUT2D eigenvalue weighted by molar-refractivity contribution is 0.567. The fourth-order valence-corrected chi connectivity index (χ4v) is 1.36. The molecule has 0 bridgehead atoms. The normalized spacial score (nSPS) is 9.62. The number of aromatic nitrogens is 1. The summed E-state index contributed by atoms with van der Waals surface area (Å²) < 4.78 is 14.6. The Labute approximate surface area is 83.5 Å². The van der Waals surface area contributed by atoms with E-state index in [-0.39, 0.29) is 0 Å². The number of pyridine rings is 1. The summed E-state index contributed by atoms with van der Waals surface area (Å²) in [6, 6.07) is 1.13. The first-order valence-electron chi connectivity index (χ1n) is 3.64. The monoisotopic (exact) mass is 243 g/mol. The van der Waals surface area contributed by atoms with Crippen molar-refractivity contribution in [2.24, 2.45) is 0 Å². The molecule has 0 unspecified atom stereocenters. The van der Waals surface area contributed by atoms with Crippen molar-refractivity contribution >= 4 is 15.9 Å². The summed E-state index contributed by atoms with van der Waals surface area (Å²) in [5, 5.41) is 0. The molecule has 0 aliphatic heterocycles. The molecule has 1 aromatic heterocycles. The Hall–Kier alpha value is -1.08. The molecule has 0 spiro atoms. The van der Waals surface area contributed by atoms with Crippen LogP contribution in [-0.4, -0.2) is 4.57 Å². The van der Waals surface area contributed by atoms with Crippen LogP contribution in [0.1, 0.15) is 6.42 Å². The predicted octanol–water partition coefficient (Wildman–Crippen LogP) is 1.77. The molecule has 0 aliphatic rings. The van der Waals surface area contributed by atoms with Gasteiger partial charge in [-0.25, -0.2) is 4.39 Å². The second kappa shape index (κ2) is 4.24. The van der Waals surface area contributed by atoms with Crippen LogP contribution >= 0.6 is 15.9 Å². The summed E-state index contributed by atoms with van der Waals surface area (Å²) in [7, 11) is 0. The van der Waals surface area contributed by atoms with E-state index in [1.165, 1.54) is 10.8 Å². The fraction of sp³-hybridized carbons (Fsp3) is 0.222. The molecule has 4 heteroatoms. The summed E-state index contributed by atoms with van der Waals surface area (Å²) in [5.74, 6) is 1.61. The second-order valence-corrected chi connectivity index (χ2v) is 3.37. The minimum absolute atomic E-state index is 0.339. The van der Waals surface area contributed by atoms with E-state index < -0.39 is 11.4 Å². The van der Waals surface area contributed by atoms with Gasteiger partial charge >= 0.3 is 0 Å². The number of terminal acetylenes is 1. The van der Waals surface area contributed by atoms with Crippen molar-refractivity contribution in [2.45, 2.75) is 13.0 Å². The highest BCUT2D eigenvalue weighted by atomic mass is 79.9. The van der Waals surface area contributed by atoms with E-state index in [0.29, 0.717) is 17.4 Å². The topological polar surface area (TPSA) is 22.0 Å². The molecule has 0 aliphatic carbocycles. The van der Waals surface area contributed by atoms with Gasteiger partial charge in [-0.3, -0.25) is 4.79 Å². The van der Waals surface area contributed by atoms with Crippen LogP contribution in [0.3, 0.4) is 0 Å². The van der Waals surface area contributed by atoms with E-state index in [1.54, 1.807) is 0 Å². The van der Waals surface area contributed by atoms with Gasteiger partial charge in [0.15, 0.2) is 5.82 Å². The molecule has 0 saturated heterocycles. The van der Waals surface area contributed by atoms with Crippen molar-refractivity contribution in [3.05, 3.63) is 32.9 Å². The maximum absolute atomic E-state index is 12.9. The van der Waals surface area contributed by atoms with Crippen molar-refractivity contribution in [3.8, 4) is 12.3 Å². The van der Waals surface area contributed by atoms with E-state index in [0.717, 1.165) is 6.07 Å². The molecule has 0 saturated carbocycles. The van der Waals surface area contributed by atoms with E-state index in [1.807, 2.05) is 0 Å². The van der Waals surface area contributed by atoms with Crippen LogP contribution in [0.5, 0.6) is 0 Å². The van der Waals surface area contributed by atoms with Crippen LogP contribution in [0, 0.1) is 18.2 Å². The highest BCUT2D eigenvalue weighted by Gasteiger charge is 2.03. The maximum atomic E-state index is 12.9. The average molecular weight is 244 g/mol. The first kappa shape index (κ1) is 10.0. The molecule has 1 rings (SSSR count). The molecular formula is C9H7BrFNO. The molecule has 0 radical (unpaired) electrons. The van der Waals surface area contributed by atoms with Crippen molar-refractivity contribution in [1.29, 1.82) is 0 Å². The molecule has 0 amide bonds. The minimum atomic E-state index is -0.772. The van der Waals surface area contributed by atoms with Crippen LogP contribution in [0.4, 0.5) is 4.39 Å². The van der Waals surface area contributed by atoms with Gasteiger partial charge < -0.3 is 4.57 Å². The summed E-state index contributed by atoms with van der Waals surface area (Å²) in [4.78, 5) is 11.1. The van der Waals surface area contributed by atoms with Gasteiger partial charge in [0.05, 0.1) is 0 Å². The lowest BCUT2D eigenvalue weighted by atomic mass is 10.4. The van der Waals surface area contributed by atoms with Crippen LogP contribution in [0.25, 0.3) is 0 Å². The predicted molar refractivity (Wildman–Crippen MR) is 51.8 cm³/mol. The molecular weight excluding hydrogens is 237 g/mol. The third kappa shape index (κ3) is 2.43. The minimum Gasteiger partial charge on any atom is -0.311 e. The SMILES string of the molecule is C#CCCn1cc(Br)cc(F)c1=O. The summed E-state index contributed by atoms with van der Waals surface area (Å²) in [5.41, 5.74) is -0.640. The van der Waals surface area contributed by atoms with Gasteiger partial charge in [0.1, 0.15) is 0 Å². The Morgan fingerprint density at radius 1 is 1.69 bits per heavy atom. The quantitative estimate of drug-likeness (QED) is 0.726. The van der Waals surface area contributed by atoms with Crippen molar-refractivity contribution in [3.63, 3.8) is 0 Å². The lowest BCUT2D eigenvalue weighted by Gasteiger charge is -2.03. The molecule has 1 aromatic rings. The van der Waals surface area contributed by atoms with Gasteiger partial charge in [0.2, 0.25) is 0 Å². The van der Waals surface area contributed by atoms with Gasteiger partial charge in [-0.1, -0.05) is 0 Å². The lowest BCUT2D eigenvalue weighted by Crippen LogP contribution is -2.22. The van der Waals surface area contributed by atoms with Crippen molar-refractivity contribution < 1.29 is 4.39 Å². The van der Waals surface area contributed by atoms with E-state index in [4.69, 9.17) is 6.42 Å². The van der Waals surface area contributed by atoms with E-state index >= 15 is 0 Å². The standard InChI is InChI=1S/C9H7BrFNO/c1-2-3-4-12-6-7(10)5-8(11)9(12)13/h1,5-6H,3-4H2. The van der Waals surface area contributed by atoms with Crippen LogP contribution in [-0.2, 0) is 6.54 Å². The van der Waals surface area contributed by atoms with Gasteiger partial charge in [-0.05, 0) is 22.0 Å². The Bertz CT molecular complexity index is 405. The Kier molecular flexibility index (Phi) is 3.26. The number of hydrogen-bond donors (Lipinski definition) is 0. The first-order chi connectivity index (χ1) is 6.15. The largest absolute Gasteiger partial charge is 0.311 e. The Balaban J connectivity index is 3.07. The van der Waals surface area contributed by atoms with Crippen LogP contribution < -0.4 is 5.56 Å². The number of rotatable bonds is 2. The molecule has 68 valence electrons. The van der Waals surface area contributed by atoms with Crippen molar-refractivity contribution in [1.82, 2.24) is 4.57 Å². The van der Waals surface area contributed by atoms with E-state index in [2.05, 4.69) is 21.9 Å². The molecule has 0 aromatic carbocycles. The first-order valence-corrected chi connectivity index (χ1v) is 4.43. The second-order valence-electron chi connectivity index (χ2n) is 2.46. The number of aryl methyl sites for hydroxylation is 1. The summed E-state index contributed by atoms with van der Waals surface area (Å²) in [6.07, 6.45) is 6.96. The third-order valence-corrected chi connectivity index (χ3v) is 1.94. The average Bonchev–Trinajstić information content (AvgIpc) is 2.09. The number of hydrogen-bond acceptors (Lipinski definition) is 1. The zero-order valence-corrected chi connectivity index (χ0v) is 8.34. The van der Waals surface area contributed by atoms with Gasteiger partial charge in [0.25, 0.3) is 5.56 Å². The van der Waals surface area contributed by atoms with E-state index in [9.17, 15) is 9.18 Å². The van der Waals surface area contributed by atoms with Gasteiger partial charge in [0, 0.05) is 23.6 Å².